The van der Waals surface area contributed by atoms with Gasteiger partial charge in [0.25, 0.3) is 0 Å². The largest absolute Gasteiger partial charge is 0.377 e. The number of hydrogen-bond acceptors (Lipinski definition) is 1. The molecule has 0 heterocycles. The maximum absolute atomic E-state index is 16.1. The Morgan fingerprint density at radius 3 is 1.82 bits per heavy atom. The summed E-state index contributed by atoms with van der Waals surface area (Å²) in [4.78, 5) is 0. The van der Waals surface area contributed by atoms with E-state index in [0.717, 1.165) is 0 Å². The zero-order valence-corrected chi connectivity index (χ0v) is 16.3. The lowest BCUT2D eigenvalue weighted by atomic mass is 9.71. The van der Waals surface area contributed by atoms with Gasteiger partial charge in [0, 0.05) is 10.6 Å². The van der Waals surface area contributed by atoms with Gasteiger partial charge in [0.05, 0.1) is 11.0 Å². The van der Waals surface area contributed by atoms with Crippen LogP contribution in [0, 0.1) is 0 Å². The zero-order chi connectivity index (χ0) is 19.7. The molecule has 0 saturated heterocycles. The fraction of sp³-hybridized carbons (Fsp3) is 0.0833. The van der Waals surface area contributed by atoms with Crippen LogP contribution in [0.25, 0.3) is 5.57 Å². The van der Waals surface area contributed by atoms with E-state index >= 15 is 4.39 Å². The van der Waals surface area contributed by atoms with Crippen molar-refractivity contribution in [2.75, 3.05) is 0 Å². The Labute approximate surface area is 173 Å². The van der Waals surface area contributed by atoms with E-state index < -0.39 is 17.3 Å². The van der Waals surface area contributed by atoms with Crippen molar-refractivity contribution in [2.24, 2.45) is 0 Å². The van der Waals surface area contributed by atoms with Crippen LogP contribution in [-0.4, -0.2) is 5.11 Å². The van der Waals surface area contributed by atoms with Gasteiger partial charge < -0.3 is 5.11 Å². The van der Waals surface area contributed by atoms with E-state index in [4.69, 9.17) is 23.2 Å². The van der Waals surface area contributed by atoms with E-state index in [2.05, 4.69) is 0 Å². The molecule has 28 heavy (non-hydrogen) atoms. The fourth-order valence-electron chi connectivity index (χ4n) is 3.72. The zero-order valence-electron chi connectivity index (χ0n) is 14.8. The van der Waals surface area contributed by atoms with Gasteiger partial charge >= 0.3 is 0 Å². The highest BCUT2D eigenvalue weighted by molar-refractivity contribution is 6.45. The molecule has 0 radical (unpaired) electrons. The fourth-order valence-corrected chi connectivity index (χ4v) is 4.40. The van der Waals surface area contributed by atoms with Crippen LogP contribution in [0.2, 0.25) is 0 Å². The molecular formula is C24H17Cl2FO. The normalized spacial score (nSPS) is 22.5. The van der Waals surface area contributed by atoms with E-state index in [1.165, 1.54) is 0 Å². The number of hydrogen-bond donors (Lipinski definition) is 1. The van der Waals surface area contributed by atoms with Gasteiger partial charge in [0.15, 0.2) is 5.60 Å². The van der Waals surface area contributed by atoms with E-state index in [0.29, 0.717) is 16.7 Å². The summed E-state index contributed by atoms with van der Waals surface area (Å²) in [6, 6.07) is 26.8. The average molecular weight is 411 g/mol. The minimum absolute atomic E-state index is 0.111. The topological polar surface area (TPSA) is 20.2 Å². The van der Waals surface area contributed by atoms with Crippen molar-refractivity contribution in [2.45, 2.75) is 11.5 Å². The smallest absolute Gasteiger partial charge is 0.153 e. The first-order valence-electron chi connectivity index (χ1n) is 8.89. The monoisotopic (exact) mass is 410 g/mol. The molecule has 0 saturated carbocycles. The highest BCUT2D eigenvalue weighted by Crippen LogP contribution is 2.57. The first-order valence-corrected chi connectivity index (χ1v) is 9.64. The van der Waals surface area contributed by atoms with Crippen LogP contribution in [0.5, 0.6) is 0 Å². The molecule has 1 aliphatic rings. The third-order valence-corrected chi connectivity index (χ3v) is 5.96. The second-order valence-corrected chi connectivity index (χ2v) is 7.48. The quantitative estimate of drug-likeness (QED) is 0.506. The number of halogens is 3. The highest BCUT2D eigenvalue weighted by Gasteiger charge is 2.50. The first-order chi connectivity index (χ1) is 13.5. The SMILES string of the molecule is OC1(c2ccccc2)C(F)=C(c2ccccc2)C(Cl)=C(Cl)C1c1ccccc1. The standard InChI is InChI=1S/C24H17Cl2FO/c25-21-19(16-10-4-1-5-11-16)23(27)24(28,18-14-8-3-9-15-18)20(22(21)26)17-12-6-2-7-13-17/h1-15,20,28H. The Morgan fingerprint density at radius 1 is 0.750 bits per heavy atom. The molecule has 2 atom stereocenters. The molecule has 1 aliphatic carbocycles. The summed E-state index contributed by atoms with van der Waals surface area (Å²) in [6.45, 7) is 0. The summed E-state index contributed by atoms with van der Waals surface area (Å²) < 4.78 is 16.1. The van der Waals surface area contributed by atoms with Crippen LogP contribution in [0.15, 0.2) is 107 Å². The minimum Gasteiger partial charge on any atom is -0.377 e. The second kappa shape index (κ2) is 7.56. The lowest BCUT2D eigenvalue weighted by Crippen LogP contribution is -2.38. The predicted molar refractivity (Wildman–Crippen MR) is 113 cm³/mol. The molecule has 3 aromatic rings. The predicted octanol–water partition coefficient (Wildman–Crippen LogP) is 6.74. The van der Waals surface area contributed by atoms with Crippen LogP contribution in [0.4, 0.5) is 4.39 Å². The van der Waals surface area contributed by atoms with Crippen molar-refractivity contribution >= 4 is 28.8 Å². The third kappa shape index (κ3) is 2.98. The third-order valence-electron chi connectivity index (χ3n) is 5.06. The van der Waals surface area contributed by atoms with Crippen molar-refractivity contribution < 1.29 is 9.50 Å². The molecule has 1 N–H and O–H groups in total. The molecule has 4 heteroatoms. The second-order valence-electron chi connectivity index (χ2n) is 6.69. The number of allylic oxidation sites excluding steroid dienone is 2. The van der Waals surface area contributed by atoms with Gasteiger partial charge in [-0.3, -0.25) is 0 Å². The van der Waals surface area contributed by atoms with Gasteiger partial charge in [0.2, 0.25) is 0 Å². The average Bonchev–Trinajstić information content (AvgIpc) is 2.75. The van der Waals surface area contributed by atoms with Crippen molar-refractivity contribution in [1.82, 2.24) is 0 Å². The Morgan fingerprint density at radius 2 is 1.25 bits per heavy atom. The molecule has 2 unspecified atom stereocenters. The molecule has 3 aromatic carbocycles. The van der Waals surface area contributed by atoms with Gasteiger partial charge in [0.1, 0.15) is 5.83 Å². The van der Waals surface area contributed by atoms with Crippen LogP contribution < -0.4 is 0 Å². The van der Waals surface area contributed by atoms with Crippen molar-refractivity contribution in [3.8, 4) is 0 Å². The van der Waals surface area contributed by atoms with E-state index in [1.807, 2.05) is 42.5 Å². The maximum atomic E-state index is 16.1. The molecule has 0 aliphatic heterocycles. The highest BCUT2D eigenvalue weighted by atomic mass is 35.5. The summed E-state index contributed by atoms with van der Waals surface area (Å²) >= 11 is 13.3. The summed E-state index contributed by atoms with van der Waals surface area (Å²) in [5.41, 5.74) is -0.213. The van der Waals surface area contributed by atoms with Gasteiger partial charge in [-0.1, -0.05) is 114 Å². The Kier molecular flexibility index (Phi) is 5.11. The van der Waals surface area contributed by atoms with Crippen LogP contribution >= 0.6 is 23.2 Å². The lowest BCUT2D eigenvalue weighted by Gasteiger charge is -2.40. The van der Waals surface area contributed by atoms with Crippen molar-refractivity contribution in [1.29, 1.82) is 0 Å². The maximum Gasteiger partial charge on any atom is 0.153 e. The van der Waals surface area contributed by atoms with E-state index in [9.17, 15) is 5.11 Å². The van der Waals surface area contributed by atoms with E-state index in [-0.39, 0.29) is 15.6 Å². The molecule has 4 rings (SSSR count). The Balaban J connectivity index is 2.04. The summed E-state index contributed by atoms with van der Waals surface area (Å²) in [5, 5.41) is 12.2. The molecule has 1 nitrogen and oxygen atoms in total. The number of rotatable bonds is 3. The van der Waals surface area contributed by atoms with Crippen LogP contribution in [0.3, 0.4) is 0 Å². The summed E-state index contributed by atoms with van der Waals surface area (Å²) in [5.74, 6) is -1.58. The minimum atomic E-state index is -1.98. The van der Waals surface area contributed by atoms with E-state index in [1.54, 1.807) is 48.5 Å². The molecule has 140 valence electrons. The lowest BCUT2D eigenvalue weighted by molar-refractivity contribution is 0.0351. The van der Waals surface area contributed by atoms with Crippen molar-refractivity contribution in [3.05, 3.63) is 124 Å². The molecule has 0 spiro atoms. The molecule has 0 aromatic heterocycles. The summed E-state index contributed by atoms with van der Waals surface area (Å²) in [6.07, 6.45) is 0. The first kappa shape index (κ1) is 18.9. The van der Waals surface area contributed by atoms with Crippen LogP contribution in [-0.2, 0) is 5.60 Å². The number of benzene rings is 3. The summed E-state index contributed by atoms with van der Waals surface area (Å²) in [7, 11) is 0. The Hall–Kier alpha value is -2.39. The van der Waals surface area contributed by atoms with Crippen LogP contribution in [0.1, 0.15) is 22.6 Å². The van der Waals surface area contributed by atoms with Gasteiger partial charge in [-0.2, -0.15) is 0 Å². The van der Waals surface area contributed by atoms with Gasteiger partial charge in [-0.05, 0) is 16.7 Å². The Bertz CT molecular complexity index is 1050. The van der Waals surface area contributed by atoms with Gasteiger partial charge in [-0.25, -0.2) is 4.39 Å². The molecule has 0 bridgehead atoms. The molecular weight excluding hydrogens is 394 g/mol. The van der Waals surface area contributed by atoms with Crippen molar-refractivity contribution in [3.63, 3.8) is 0 Å². The van der Waals surface area contributed by atoms with Gasteiger partial charge in [-0.15, -0.1) is 0 Å². The molecule has 0 fully saturated rings. The molecule has 0 amide bonds. The number of aliphatic hydroxyl groups is 1.